The Labute approximate surface area is 212 Å². The number of nitrogens with zero attached hydrogens (tertiary/aromatic N) is 2. The number of aromatic nitrogens is 2. The summed E-state index contributed by atoms with van der Waals surface area (Å²) in [6.45, 7) is 0.867. The molecule has 35 heavy (non-hydrogen) atoms. The van der Waals surface area contributed by atoms with Crippen LogP contribution in [-0.4, -0.2) is 34.4 Å². The van der Waals surface area contributed by atoms with Crippen LogP contribution < -0.4 is 0 Å². The Bertz CT molecular complexity index is 1190. The molecule has 0 spiro atoms. The number of carbonyl (C=O) groups is 1. The molecular weight excluding hydrogens is 452 g/mol. The second-order valence-electron chi connectivity index (χ2n) is 8.44. The van der Waals surface area contributed by atoms with Gasteiger partial charge in [0, 0.05) is 23.2 Å². The molecule has 1 heterocycles. The van der Waals surface area contributed by atoms with Crippen molar-refractivity contribution in [2.24, 2.45) is 0 Å². The molecule has 0 bridgehead atoms. The zero-order chi connectivity index (χ0) is 24.3. The van der Waals surface area contributed by atoms with Crippen molar-refractivity contribution in [3.05, 3.63) is 91.0 Å². The lowest BCUT2D eigenvalue weighted by atomic mass is 9.96. The fourth-order valence-corrected chi connectivity index (χ4v) is 5.06. The van der Waals surface area contributed by atoms with E-state index in [9.17, 15) is 4.79 Å². The van der Waals surface area contributed by atoms with E-state index >= 15 is 0 Å². The first-order valence-corrected chi connectivity index (χ1v) is 13.3. The minimum absolute atomic E-state index is 0.148. The predicted molar refractivity (Wildman–Crippen MR) is 146 cm³/mol. The maximum absolute atomic E-state index is 11.2. The van der Waals surface area contributed by atoms with Gasteiger partial charge in [0.15, 0.2) is 0 Å². The van der Waals surface area contributed by atoms with Gasteiger partial charge in [-0.1, -0.05) is 104 Å². The lowest BCUT2D eigenvalue weighted by Gasteiger charge is -2.11. The standard InChI is InChI=1S/C30H32N2O2S/c1-34-27(33)23-35-22-14-3-2-13-21-32-30(26-19-11-6-12-20-26)28(24-15-7-4-8-16-24)29(31-32)25-17-9-5-10-18-25/h4-12,15-20H,2-3,13-14,21-23H2,1H3. The van der Waals surface area contributed by atoms with Crippen molar-refractivity contribution in [1.82, 2.24) is 9.78 Å². The van der Waals surface area contributed by atoms with E-state index in [0.717, 1.165) is 49.2 Å². The summed E-state index contributed by atoms with van der Waals surface area (Å²) in [6, 6.07) is 31.6. The number of hydrogen-bond acceptors (Lipinski definition) is 4. The average Bonchev–Trinajstić information content (AvgIpc) is 3.31. The van der Waals surface area contributed by atoms with Gasteiger partial charge >= 0.3 is 5.97 Å². The van der Waals surface area contributed by atoms with Crippen LogP contribution in [0.1, 0.15) is 25.7 Å². The molecule has 180 valence electrons. The molecule has 0 aliphatic carbocycles. The van der Waals surface area contributed by atoms with Gasteiger partial charge in [0.1, 0.15) is 5.69 Å². The monoisotopic (exact) mass is 484 g/mol. The van der Waals surface area contributed by atoms with E-state index in [0.29, 0.717) is 5.75 Å². The molecule has 0 aliphatic rings. The van der Waals surface area contributed by atoms with E-state index in [4.69, 9.17) is 9.84 Å². The number of ether oxygens (including phenoxy) is 1. The quantitative estimate of drug-likeness (QED) is 0.156. The summed E-state index contributed by atoms with van der Waals surface area (Å²) in [5, 5.41) is 5.17. The number of unbranched alkanes of at least 4 members (excludes halogenated alkanes) is 3. The lowest BCUT2D eigenvalue weighted by molar-refractivity contribution is -0.137. The third kappa shape index (κ3) is 6.64. The number of rotatable bonds is 12. The van der Waals surface area contributed by atoms with Crippen molar-refractivity contribution in [2.75, 3.05) is 18.6 Å². The van der Waals surface area contributed by atoms with Crippen LogP contribution in [0, 0.1) is 0 Å². The van der Waals surface area contributed by atoms with Gasteiger partial charge in [-0.2, -0.15) is 16.9 Å². The van der Waals surface area contributed by atoms with Gasteiger partial charge in [-0.15, -0.1) is 0 Å². The fraction of sp³-hybridized carbons (Fsp3) is 0.267. The molecule has 4 nitrogen and oxygen atoms in total. The highest BCUT2D eigenvalue weighted by Crippen LogP contribution is 2.40. The molecule has 0 aliphatic heterocycles. The molecule has 3 aromatic carbocycles. The lowest BCUT2D eigenvalue weighted by Crippen LogP contribution is -2.04. The minimum Gasteiger partial charge on any atom is -0.468 e. The summed E-state index contributed by atoms with van der Waals surface area (Å²) in [5.74, 6) is 1.28. The SMILES string of the molecule is COC(=O)CSCCCCCCn1nc(-c2ccccc2)c(-c2ccccc2)c1-c1ccccc1. The normalized spacial score (nSPS) is 10.9. The molecule has 0 unspecified atom stereocenters. The van der Waals surface area contributed by atoms with Crippen molar-refractivity contribution in [2.45, 2.75) is 32.2 Å². The first-order chi connectivity index (χ1) is 17.3. The van der Waals surface area contributed by atoms with Gasteiger partial charge in [-0.25, -0.2) is 0 Å². The summed E-state index contributed by atoms with van der Waals surface area (Å²) in [6.07, 6.45) is 4.45. The number of methoxy groups -OCH3 is 1. The second-order valence-corrected chi connectivity index (χ2v) is 9.54. The highest BCUT2D eigenvalue weighted by Gasteiger charge is 2.21. The molecule has 0 N–H and O–H groups in total. The second kappa shape index (κ2) is 13.0. The smallest absolute Gasteiger partial charge is 0.315 e. The molecule has 0 radical (unpaired) electrons. The number of hydrogen-bond donors (Lipinski definition) is 0. The van der Waals surface area contributed by atoms with E-state index in [1.807, 2.05) is 6.07 Å². The maximum atomic E-state index is 11.2. The number of aryl methyl sites for hydroxylation is 1. The van der Waals surface area contributed by atoms with E-state index < -0.39 is 0 Å². The fourth-order valence-electron chi connectivity index (χ4n) is 4.22. The van der Waals surface area contributed by atoms with Gasteiger partial charge in [0.05, 0.1) is 18.6 Å². The summed E-state index contributed by atoms with van der Waals surface area (Å²) in [5.41, 5.74) is 6.87. The third-order valence-corrected chi connectivity index (χ3v) is 6.98. The van der Waals surface area contributed by atoms with E-state index in [-0.39, 0.29) is 5.97 Å². The van der Waals surface area contributed by atoms with Crippen LogP contribution in [0.5, 0.6) is 0 Å². The van der Waals surface area contributed by atoms with Gasteiger partial charge in [-0.05, 0) is 24.2 Å². The predicted octanol–water partition coefficient (Wildman–Crippen LogP) is 7.35. The van der Waals surface area contributed by atoms with Crippen LogP contribution in [0.2, 0.25) is 0 Å². The number of benzene rings is 3. The average molecular weight is 485 g/mol. The van der Waals surface area contributed by atoms with Gasteiger partial charge in [-0.3, -0.25) is 9.48 Å². The van der Waals surface area contributed by atoms with Crippen molar-refractivity contribution < 1.29 is 9.53 Å². The maximum Gasteiger partial charge on any atom is 0.315 e. The molecule has 0 saturated heterocycles. The van der Waals surface area contributed by atoms with E-state index in [2.05, 4.69) is 89.6 Å². The summed E-state index contributed by atoms with van der Waals surface area (Å²) in [4.78, 5) is 11.2. The van der Waals surface area contributed by atoms with Gasteiger partial charge < -0.3 is 4.74 Å². The van der Waals surface area contributed by atoms with Gasteiger partial charge in [0.25, 0.3) is 0 Å². The van der Waals surface area contributed by atoms with Crippen LogP contribution in [0.3, 0.4) is 0 Å². The van der Waals surface area contributed by atoms with Crippen LogP contribution >= 0.6 is 11.8 Å². The zero-order valence-corrected chi connectivity index (χ0v) is 21.0. The molecule has 0 atom stereocenters. The van der Waals surface area contributed by atoms with Crippen LogP contribution in [0.15, 0.2) is 91.0 Å². The topological polar surface area (TPSA) is 44.1 Å². The van der Waals surface area contributed by atoms with Crippen LogP contribution in [0.4, 0.5) is 0 Å². The van der Waals surface area contributed by atoms with Crippen molar-refractivity contribution in [3.8, 4) is 33.6 Å². The van der Waals surface area contributed by atoms with Crippen LogP contribution in [0.25, 0.3) is 33.6 Å². The van der Waals surface area contributed by atoms with Gasteiger partial charge in [0.2, 0.25) is 0 Å². The first kappa shape index (κ1) is 24.8. The Balaban J connectivity index is 1.56. The molecule has 4 rings (SSSR count). The third-order valence-electron chi connectivity index (χ3n) is 5.97. The number of esters is 1. The van der Waals surface area contributed by atoms with E-state index in [1.165, 1.54) is 29.5 Å². The highest BCUT2D eigenvalue weighted by molar-refractivity contribution is 7.99. The first-order valence-electron chi connectivity index (χ1n) is 12.2. The minimum atomic E-state index is -0.148. The molecule has 4 aromatic rings. The Morgan fingerprint density at radius 3 is 1.97 bits per heavy atom. The molecule has 1 aromatic heterocycles. The van der Waals surface area contributed by atoms with Crippen LogP contribution in [-0.2, 0) is 16.1 Å². The number of thioether (sulfide) groups is 1. The highest BCUT2D eigenvalue weighted by atomic mass is 32.2. The molecule has 0 fully saturated rings. The molecular formula is C30H32N2O2S. The van der Waals surface area contributed by atoms with Crippen molar-refractivity contribution >= 4 is 17.7 Å². The van der Waals surface area contributed by atoms with Crippen molar-refractivity contribution in [3.63, 3.8) is 0 Å². The Morgan fingerprint density at radius 2 is 1.34 bits per heavy atom. The Morgan fingerprint density at radius 1 is 0.771 bits per heavy atom. The summed E-state index contributed by atoms with van der Waals surface area (Å²) >= 11 is 1.65. The largest absolute Gasteiger partial charge is 0.468 e. The summed E-state index contributed by atoms with van der Waals surface area (Å²) in [7, 11) is 1.44. The van der Waals surface area contributed by atoms with Crippen molar-refractivity contribution in [1.29, 1.82) is 0 Å². The molecule has 0 saturated carbocycles. The van der Waals surface area contributed by atoms with E-state index in [1.54, 1.807) is 11.8 Å². The number of carbonyl (C=O) groups excluding carboxylic acids is 1. The molecule has 5 heteroatoms. The molecule has 0 amide bonds. The Hall–Kier alpha value is -3.31. The summed E-state index contributed by atoms with van der Waals surface area (Å²) < 4.78 is 6.90. The zero-order valence-electron chi connectivity index (χ0n) is 20.2. The Kier molecular flexibility index (Phi) is 9.18.